The fraction of sp³-hybridized carbons (Fsp3) is 0.568. The summed E-state index contributed by atoms with van der Waals surface area (Å²) in [5.74, 6) is -1.61. The van der Waals surface area contributed by atoms with Gasteiger partial charge in [-0.3, -0.25) is 24.2 Å². The predicted molar refractivity (Wildman–Crippen MR) is 239 cm³/mol. The van der Waals surface area contributed by atoms with Gasteiger partial charge in [0.25, 0.3) is 17.7 Å². The molecule has 4 aliphatic rings. The number of carbonyl (C=O) groups is 4. The van der Waals surface area contributed by atoms with Crippen molar-refractivity contribution in [2.45, 2.75) is 99.4 Å². The molecule has 11 atom stereocenters. The Labute approximate surface area is 390 Å². The number of ether oxygens (including phenoxy) is 4. The summed E-state index contributed by atoms with van der Waals surface area (Å²) in [5, 5.41) is 92.1. The Morgan fingerprint density at radius 3 is 1.99 bits per heavy atom. The van der Waals surface area contributed by atoms with Crippen LogP contribution in [-0.4, -0.2) is 205 Å². The molecule has 0 bridgehead atoms. The Morgan fingerprint density at radius 1 is 0.794 bits per heavy atom. The van der Waals surface area contributed by atoms with E-state index in [1.54, 1.807) is 23.2 Å². The fourth-order valence-corrected chi connectivity index (χ4v) is 8.65. The lowest BCUT2D eigenvalue weighted by atomic mass is 9.98. The number of fused-ring (bicyclic) bond motifs is 2. The van der Waals surface area contributed by atoms with E-state index in [-0.39, 0.29) is 60.7 Å². The highest BCUT2D eigenvalue weighted by Crippen LogP contribution is 2.39. The number of anilines is 2. The molecule has 3 fully saturated rings. The lowest BCUT2D eigenvalue weighted by Gasteiger charge is -2.41. The first-order valence-corrected chi connectivity index (χ1v) is 22.3. The van der Waals surface area contributed by atoms with Crippen molar-refractivity contribution < 1.29 is 79.0 Å². The number of nitrogens with zero attached hydrogens (tertiary/aromatic N) is 5. The lowest BCUT2D eigenvalue weighted by Crippen LogP contribution is -2.56. The fourth-order valence-electron chi connectivity index (χ4n) is 8.65. The minimum absolute atomic E-state index is 0.0326. The molecular weight excluding hydrogens is 897 g/mol. The van der Waals surface area contributed by atoms with Gasteiger partial charge in [-0.15, -0.1) is 0 Å². The zero-order chi connectivity index (χ0) is 49.0. The van der Waals surface area contributed by atoms with E-state index in [9.17, 15) is 60.0 Å². The summed E-state index contributed by atoms with van der Waals surface area (Å²) < 4.78 is 25.2. The molecule has 4 amide bonds. The highest BCUT2D eigenvalue weighted by atomic mass is 16.6. The van der Waals surface area contributed by atoms with Gasteiger partial charge in [0.05, 0.1) is 55.6 Å². The van der Waals surface area contributed by atoms with Crippen molar-refractivity contribution in [3.05, 3.63) is 53.6 Å². The van der Waals surface area contributed by atoms with E-state index in [0.29, 0.717) is 42.3 Å². The Bertz CT molecular complexity index is 2320. The van der Waals surface area contributed by atoms with Crippen molar-refractivity contribution in [3.8, 4) is 11.5 Å². The van der Waals surface area contributed by atoms with Crippen LogP contribution >= 0.6 is 0 Å². The number of rotatable bonds is 18. The number of hydrogen-bond acceptors (Lipinski definition) is 18. The number of aromatic nitrogens is 2. The van der Waals surface area contributed by atoms with E-state index in [0.717, 1.165) is 22.0 Å². The van der Waals surface area contributed by atoms with Crippen molar-refractivity contribution in [3.63, 3.8) is 0 Å². The third-order valence-electron chi connectivity index (χ3n) is 12.3. The summed E-state index contributed by atoms with van der Waals surface area (Å²) in [6.45, 7) is 0.0386. The number of aliphatic hydroxyl groups is 8. The normalized spacial score (nSPS) is 27.9. The number of methoxy groups -OCH3 is 1. The molecule has 4 aliphatic heterocycles. The van der Waals surface area contributed by atoms with Crippen molar-refractivity contribution in [2.24, 2.45) is 4.99 Å². The molecule has 3 saturated heterocycles. The predicted octanol–water partition coefficient (Wildman–Crippen LogP) is -1.70. The maximum absolute atomic E-state index is 14.3. The van der Waals surface area contributed by atoms with Crippen LogP contribution < -0.4 is 25.4 Å². The maximum atomic E-state index is 14.3. The van der Waals surface area contributed by atoms with Gasteiger partial charge in [0.15, 0.2) is 24.0 Å². The molecule has 24 heteroatoms. The largest absolute Gasteiger partial charge is 0.493 e. The van der Waals surface area contributed by atoms with E-state index in [1.807, 2.05) is 19.0 Å². The first-order valence-electron chi connectivity index (χ1n) is 22.3. The van der Waals surface area contributed by atoms with Crippen LogP contribution in [0.25, 0.3) is 0 Å². The van der Waals surface area contributed by atoms with Gasteiger partial charge in [-0.05, 0) is 64.5 Å². The highest BCUT2D eigenvalue weighted by Gasteiger charge is 2.47. The third kappa shape index (κ3) is 10.7. The monoisotopic (exact) mass is 956 g/mol. The number of hydrogen-bond donors (Lipinski definition) is 11. The Balaban J connectivity index is 1.10. The molecule has 7 rings (SSSR count). The summed E-state index contributed by atoms with van der Waals surface area (Å²) in [6.07, 6.45) is -9.94. The average molecular weight is 957 g/mol. The van der Waals surface area contributed by atoms with Gasteiger partial charge in [0.1, 0.15) is 60.2 Å². The number of nitrogens with one attached hydrogen (secondary N) is 3. The molecule has 1 aromatic carbocycles. The number of carbonyl (C=O) groups excluding carboxylic acids is 4. The second-order valence-corrected chi connectivity index (χ2v) is 17.4. The van der Waals surface area contributed by atoms with Gasteiger partial charge < -0.3 is 94.7 Å². The molecule has 372 valence electrons. The van der Waals surface area contributed by atoms with Crippen LogP contribution in [0.2, 0.25) is 0 Å². The molecule has 0 aliphatic carbocycles. The average Bonchev–Trinajstić information content (AvgIpc) is 4.07. The standard InChI is InChI=1S/C44H60N8O16/c1-49(2)10-6-9-45-40(62)27-14-23(19-51(27)43-38(60)36(58)34(56)31(20-53)67-43)48-41(63)28-13-22(18-52(28)44-39(61)37(59)35(57)32(21-54)68-44)47-33(55)8-5-12-66-30-16-26-25(15-29(30)65-3)42(64)50-11-4-7-24(50)17-46-26/h13-19,24,31-32,34-39,43-44,53-54,56-61H,4-12,20-21H2,1-3H3,(H,45,62)(H,47,55)(H,48,63)/t24-,31-,32-,34-,35-,36+,37+,38-,39-,43+,44+/m1/s1. The van der Waals surface area contributed by atoms with Crippen molar-refractivity contribution in [1.29, 1.82) is 0 Å². The first kappa shape index (κ1) is 50.4. The van der Waals surface area contributed by atoms with E-state index in [2.05, 4.69) is 20.9 Å². The van der Waals surface area contributed by atoms with Crippen LogP contribution in [0.1, 0.15) is 75.9 Å². The quantitative estimate of drug-likeness (QED) is 0.0633. The minimum Gasteiger partial charge on any atom is -0.493 e. The van der Waals surface area contributed by atoms with Crippen LogP contribution in [0.3, 0.4) is 0 Å². The molecule has 0 unspecified atom stereocenters. The highest BCUT2D eigenvalue weighted by molar-refractivity contribution is 6.06. The number of aliphatic imine (C=N–C) groups is 1. The molecule has 3 aromatic rings. The molecule has 6 heterocycles. The molecule has 0 saturated carbocycles. The Kier molecular flexibility index (Phi) is 16.2. The maximum Gasteiger partial charge on any atom is 0.272 e. The Morgan fingerprint density at radius 2 is 1.40 bits per heavy atom. The van der Waals surface area contributed by atoms with E-state index in [4.69, 9.17) is 18.9 Å². The second kappa shape index (κ2) is 21.8. The molecule has 11 N–H and O–H groups in total. The number of aliphatic hydroxyl groups excluding tert-OH is 8. The number of amides is 4. The second-order valence-electron chi connectivity index (χ2n) is 17.4. The lowest BCUT2D eigenvalue weighted by molar-refractivity contribution is -0.251. The van der Waals surface area contributed by atoms with Gasteiger partial charge >= 0.3 is 0 Å². The number of benzene rings is 1. The van der Waals surface area contributed by atoms with E-state index >= 15 is 0 Å². The zero-order valence-electron chi connectivity index (χ0n) is 37.8. The van der Waals surface area contributed by atoms with Crippen LogP contribution in [-0.2, 0) is 14.3 Å². The SMILES string of the molecule is COc1cc2c(cc1OCCCC(=O)Nc1cc(C(=O)Nc3cc(C(=O)NCCCN(C)C)n([C@H]4O[C@H](CO)[C@@H](O)[C@H](O)[C@H]4O)c3)n([C@H]3O[C@H](CO)[C@@H](O)[C@H](O)[C@H]3O)c1)N=C[C@H]1CCCN1C2=O. The molecule has 0 spiro atoms. The first-order chi connectivity index (χ1) is 32.5. The molecule has 0 radical (unpaired) electrons. The Hall–Kier alpha value is -5.51. The van der Waals surface area contributed by atoms with Crippen molar-refractivity contribution in [2.75, 3.05) is 71.3 Å². The van der Waals surface area contributed by atoms with Crippen LogP contribution in [0.4, 0.5) is 17.1 Å². The van der Waals surface area contributed by atoms with Gasteiger partial charge in [0.2, 0.25) is 5.91 Å². The van der Waals surface area contributed by atoms with Crippen LogP contribution in [0.5, 0.6) is 11.5 Å². The molecule has 2 aromatic heterocycles. The van der Waals surface area contributed by atoms with Crippen LogP contribution in [0, 0.1) is 0 Å². The van der Waals surface area contributed by atoms with Gasteiger partial charge in [-0.2, -0.15) is 0 Å². The topological polar surface area (TPSA) is 332 Å². The van der Waals surface area contributed by atoms with Crippen molar-refractivity contribution >= 4 is 46.9 Å². The summed E-state index contributed by atoms with van der Waals surface area (Å²) in [6, 6.07) is 5.62. The molecule has 24 nitrogen and oxygen atoms in total. The van der Waals surface area contributed by atoms with Gasteiger partial charge in [0, 0.05) is 44.2 Å². The minimum atomic E-state index is -1.85. The van der Waals surface area contributed by atoms with E-state index < -0.39 is 92.2 Å². The third-order valence-corrected chi connectivity index (χ3v) is 12.3. The summed E-state index contributed by atoms with van der Waals surface area (Å²) in [7, 11) is 5.18. The smallest absolute Gasteiger partial charge is 0.272 e. The summed E-state index contributed by atoms with van der Waals surface area (Å²) >= 11 is 0. The van der Waals surface area contributed by atoms with Gasteiger partial charge in [-0.25, -0.2) is 0 Å². The van der Waals surface area contributed by atoms with Gasteiger partial charge in [-0.1, -0.05) is 0 Å². The summed E-state index contributed by atoms with van der Waals surface area (Å²) in [5.41, 5.74) is 0.376. The van der Waals surface area contributed by atoms with Crippen molar-refractivity contribution in [1.82, 2.24) is 24.3 Å². The van der Waals surface area contributed by atoms with E-state index in [1.165, 1.54) is 31.6 Å². The summed E-state index contributed by atoms with van der Waals surface area (Å²) in [4.78, 5) is 62.7. The molecule has 68 heavy (non-hydrogen) atoms. The van der Waals surface area contributed by atoms with Crippen LogP contribution in [0.15, 0.2) is 41.7 Å². The molecular formula is C44H60N8O16. The zero-order valence-corrected chi connectivity index (χ0v) is 37.8.